The van der Waals surface area contributed by atoms with Gasteiger partial charge in [-0.1, -0.05) is 65.7 Å². The van der Waals surface area contributed by atoms with E-state index in [9.17, 15) is 8.78 Å². The van der Waals surface area contributed by atoms with Crippen LogP contribution < -0.4 is 0 Å². The molecule has 1 rings (SSSR count). The van der Waals surface area contributed by atoms with Gasteiger partial charge in [-0.05, 0) is 18.3 Å². The van der Waals surface area contributed by atoms with Gasteiger partial charge in [0, 0.05) is 18.8 Å². The van der Waals surface area contributed by atoms with Gasteiger partial charge in [-0.15, -0.1) is 0 Å². The monoisotopic (exact) mass is 299 g/mol. The van der Waals surface area contributed by atoms with E-state index in [1.165, 1.54) is 23.6 Å². The highest BCUT2D eigenvalue weighted by atomic mass is 19.1. The van der Waals surface area contributed by atoms with Crippen LogP contribution in [0.25, 0.3) is 0 Å². The summed E-state index contributed by atoms with van der Waals surface area (Å²) in [6.07, 6.45) is 10.9. The molecule has 21 heavy (non-hydrogen) atoms. The first kappa shape index (κ1) is 18.2. The maximum absolute atomic E-state index is 14.3. The Morgan fingerprint density at radius 2 is 1.48 bits per heavy atom. The van der Waals surface area contributed by atoms with Crippen molar-refractivity contribution >= 4 is 0 Å². The van der Waals surface area contributed by atoms with Crippen molar-refractivity contribution in [3.05, 3.63) is 23.5 Å². The summed E-state index contributed by atoms with van der Waals surface area (Å²) in [7, 11) is 1.57. The number of rotatable bonds is 10. The van der Waals surface area contributed by atoms with Crippen molar-refractivity contribution in [2.24, 2.45) is 7.05 Å². The second-order valence-electron chi connectivity index (χ2n) is 6.58. The summed E-state index contributed by atoms with van der Waals surface area (Å²) in [5.74, 6) is -0.786. The number of aryl methyl sites for hydroxylation is 1. The molecule has 1 unspecified atom stereocenters. The van der Waals surface area contributed by atoms with Gasteiger partial charge in [-0.25, -0.2) is 4.39 Å². The molecule has 1 aromatic rings. The van der Waals surface area contributed by atoms with Crippen molar-refractivity contribution in [3.63, 3.8) is 0 Å². The molecule has 0 amide bonds. The van der Waals surface area contributed by atoms with E-state index in [2.05, 4.69) is 13.8 Å². The second-order valence-corrected chi connectivity index (χ2v) is 6.58. The summed E-state index contributed by atoms with van der Waals surface area (Å²) >= 11 is 0. The molecule has 0 aliphatic carbocycles. The molecule has 0 fully saturated rings. The lowest BCUT2D eigenvalue weighted by Gasteiger charge is -2.29. The van der Waals surface area contributed by atoms with Crippen LogP contribution in [-0.4, -0.2) is 4.57 Å². The van der Waals surface area contributed by atoms with Crippen molar-refractivity contribution < 1.29 is 8.78 Å². The Bertz CT molecular complexity index is 425. The van der Waals surface area contributed by atoms with Crippen molar-refractivity contribution in [2.75, 3.05) is 0 Å². The Morgan fingerprint density at radius 3 is 1.95 bits per heavy atom. The van der Waals surface area contributed by atoms with Crippen LogP contribution in [0, 0.1) is 11.8 Å². The average molecular weight is 299 g/mol. The van der Waals surface area contributed by atoms with Gasteiger partial charge in [0.15, 0.2) is 5.95 Å². The van der Waals surface area contributed by atoms with Gasteiger partial charge in [0.2, 0.25) is 0 Å². The normalized spacial score (nSPS) is 14.4. The molecule has 3 heteroatoms. The summed E-state index contributed by atoms with van der Waals surface area (Å²) in [6, 6.07) is 0. The first-order valence-electron chi connectivity index (χ1n) is 8.47. The summed E-state index contributed by atoms with van der Waals surface area (Å²) in [5, 5.41) is 0. The van der Waals surface area contributed by atoms with E-state index < -0.39 is 5.95 Å². The van der Waals surface area contributed by atoms with Gasteiger partial charge in [0.25, 0.3) is 0 Å². The number of hydrogen-bond acceptors (Lipinski definition) is 0. The molecule has 0 aromatic carbocycles. The molecule has 1 atom stereocenters. The van der Waals surface area contributed by atoms with Crippen molar-refractivity contribution in [1.82, 2.24) is 4.57 Å². The Kier molecular flexibility index (Phi) is 7.41. The van der Waals surface area contributed by atoms with E-state index in [1.807, 2.05) is 6.92 Å². The zero-order valence-electron chi connectivity index (χ0n) is 14.1. The summed E-state index contributed by atoms with van der Waals surface area (Å²) in [4.78, 5) is 0. The molecule has 0 N–H and O–H groups in total. The minimum Gasteiger partial charge on any atom is -0.325 e. The zero-order valence-corrected chi connectivity index (χ0v) is 14.1. The standard InChI is InChI=1S/C18H31F2N/c1-5-7-9-11-13-18(3,12-10-8-6-2)16-15(19)14-21(4)17(16)20/h14H,5-13H2,1-4H3. The van der Waals surface area contributed by atoms with E-state index in [4.69, 9.17) is 0 Å². The number of hydrogen-bond donors (Lipinski definition) is 0. The fourth-order valence-corrected chi connectivity index (χ4v) is 3.19. The largest absolute Gasteiger partial charge is 0.325 e. The van der Waals surface area contributed by atoms with Gasteiger partial charge in [-0.3, -0.25) is 0 Å². The van der Waals surface area contributed by atoms with Crippen LogP contribution in [0.3, 0.4) is 0 Å². The lowest BCUT2D eigenvalue weighted by molar-refractivity contribution is 0.336. The fraction of sp³-hybridized carbons (Fsp3) is 0.778. The van der Waals surface area contributed by atoms with Crippen LogP contribution in [0.2, 0.25) is 0 Å². The number of halogens is 2. The van der Waals surface area contributed by atoms with Crippen LogP contribution in [0.15, 0.2) is 6.20 Å². The third-order valence-corrected chi connectivity index (χ3v) is 4.58. The topological polar surface area (TPSA) is 4.93 Å². The lowest BCUT2D eigenvalue weighted by Crippen LogP contribution is -2.24. The first-order valence-corrected chi connectivity index (χ1v) is 8.47. The van der Waals surface area contributed by atoms with E-state index in [0.29, 0.717) is 5.56 Å². The molecule has 0 bridgehead atoms. The van der Waals surface area contributed by atoms with Crippen molar-refractivity contribution in [1.29, 1.82) is 0 Å². The minimum atomic E-state index is -0.401. The predicted octanol–water partition coefficient (Wildman–Crippen LogP) is 6.11. The molecule has 122 valence electrons. The molecule has 1 nitrogen and oxygen atoms in total. The Morgan fingerprint density at radius 1 is 0.952 bits per heavy atom. The Hall–Kier alpha value is -0.860. The predicted molar refractivity (Wildman–Crippen MR) is 85.6 cm³/mol. The van der Waals surface area contributed by atoms with E-state index in [1.54, 1.807) is 7.05 Å². The second kappa shape index (κ2) is 8.55. The lowest BCUT2D eigenvalue weighted by atomic mass is 9.75. The van der Waals surface area contributed by atoms with Crippen LogP contribution in [0.5, 0.6) is 0 Å². The molecular weight excluding hydrogens is 268 g/mol. The Labute approximate surface area is 128 Å². The van der Waals surface area contributed by atoms with Gasteiger partial charge in [0.1, 0.15) is 5.82 Å². The average Bonchev–Trinajstić information content (AvgIpc) is 2.69. The van der Waals surface area contributed by atoms with Gasteiger partial charge < -0.3 is 4.57 Å². The van der Waals surface area contributed by atoms with Crippen LogP contribution in [0.4, 0.5) is 8.78 Å². The molecule has 0 aliphatic rings. The van der Waals surface area contributed by atoms with Crippen molar-refractivity contribution in [3.8, 4) is 0 Å². The minimum absolute atomic E-state index is 0.303. The molecule has 0 spiro atoms. The van der Waals surface area contributed by atoms with Gasteiger partial charge in [0.05, 0.1) is 0 Å². The molecule has 1 aromatic heterocycles. The molecule has 0 radical (unpaired) electrons. The number of unbranched alkanes of at least 4 members (excludes halogenated alkanes) is 5. The van der Waals surface area contributed by atoms with Crippen LogP contribution in [-0.2, 0) is 12.5 Å². The summed E-state index contributed by atoms with van der Waals surface area (Å²) < 4.78 is 29.8. The molecule has 0 saturated heterocycles. The van der Waals surface area contributed by atoms with Gasteiger partial charge in [-0.2, -0.15) is 4.39 Å². The maximum atomic E-state index is 14.3. The van der Waals surface area contributed by atoms with Gasteiger partial charge >= 0.3 is 0 Å². The summed E-state index contributed by atoms with van der Waals surface area (Å²) in [5.41, 5.74) is -0.0733. The molecule has 1 heterocycles. The van der Waals surface area contributed by atoms with E-state index in [-0.39, 0.29) is 11.2 Å². The van der Waals surface area contributed by atoms with Crippen LogP contribution >= 0.6 is 0 Å². The molecular formula is C18H31F2N. The molecule has 0 saturated carbocycles. The van der Waals surface area contributed by atoms with Crippen molar-refractivity contribution in [2.45, 2.75) is 84.0 Å². The fourth-order valence-electron chi connectivity index (χ4n) is 3.19. The highest BCUT2D eigenvalue weighted by Gasteiger charge is 2.33. The quantitative estimate of drug-likeness (QED) is 0.459. The van der Waals surface area contributed by atoms with Crippen LogP contribution in [0.1, 0.15) is 84.1 Å². The van der Waals surface area contributed by atoms with E-state index in [0.717, 1.165) is 44.9 Å². The highest BCUT2D eigenvalue weighted by molar-refractivity contribution is 5.25. The summed E-state index contributed by atoms with van der Waals surface area (Å²) in [6.45, 7) is 6.37. The van der Waals surface area contributed by atoms with E-state index >= 15 is 0 Å². The zero-order chi connectivity index (χ0) is 15.9. The number of aromatic nitrogens is 1. The first-order chi connectivity index (χ1) is 9.96. The molecule has 0 aliphatic heterocycles. The number of nitrogens with zero attached hydrogens (tertiary/aromatic N) is 1. The maximum Gasteiger partial charge on any atom is 0.200 e. The highest BCUT2D eigenvalue weighted by Crippen LogP contribution is 2.38. The third-order valence-electron chi connectivity index (χ3n) is 4.58. The third kappa shape index (κ3) is 4.82. The Balaban J connectivity index is 2.88. The SMILES string of the molecule is CCCCCCC(C)(CCCCC)c1c(F)cn(C)c1F. The smallest absolute Gasteiger partial charge is 0.200 e.